The maximum absolute atomic E-state index is 12.7. The van der Waals surface area contributed by atoms with Crippen LogP contribution in [0.1, 0.15) is 49.1 Å². The molecule has 0 unspecified atom stereocenters. The summed E-state index contributed by atoms with van der Waals surface area (Å²) in [5.41, 5.74) is 0.871. The molecule has 2 fully saturated rings. The predicted octanol–water partition coefficient (Wildman–Crippen LogP) is 3.11. The van der Waals surface area contributed by atoms with Crippen LogP contribution >= 0.6 is 0 Å². The maximum Gasteiger partial charge on any atom is 0.291 e. The van der Waals surface area contributed by atoms with Gasteiger partial charge in [0.2, 0.25) is 17.7 Å². The highest BCUT2D eigenvalue weighted by atomic mass is 16.2. The molecular weight excluding hydrogens is 380 g/mol. The molecule has 2 aliphatic rings. The Bertz CT molecular complexity index is 1040. The van der Waals surface area contributed by atoms with Gasteiger partial charge in [0.1, 0.15) is 5.82 Å². The zero-order chi connectivity index (χ0) is 20.3. The number of fused-ring (bicyclic) bond motifs is 1. The number of hydrogen-bond donors (Lipinski definition) is 2. The van der Waals surface area contributed by atoms with Crippen LogP contribution in [-0.2, 0) is 0 Å². The number of anilines is 3. The van der Waals surface area contributed by atoms with E-state index in [0.717, 1.165) is 68.7 Å². The van der Waals surface area contributed by atoms with E-state index < -0.39 is 0 Å². The van der Waals surface area contributed by atoms with E-state index in [2.05, 4.69) is 25.4 Å². The Morgan fingerprint density at radius 3 is 2.43 bits per heavy atom. The highest BCUT2D eigenvalue weighted by molar-refractivity contribution is 5.92. The molecule has 1 amide bonds. The number of carbonyl (C=O) groups excluding carboxylic acids is 1. The number of likely N-dealkylation sites (tertiary alicyclic amines) is 1. The summed E-state index contributed by atoms with van der Waals surface area (Å²) >= 11 is 0. The summed E-state index contributed by atoms with van der Waals surface area (Å²) in [4.78, 5) is 30.7. The lowest BCUT2D eigenvalue weighted by atomic mass is 10.1. The molecule has 9 heteroatoms. The van der Waals surface area contributed by atoms with E-state index in [0.29, 0.717) is 11.8 Å². The minimum Gasteiger partial charge on any atom is -0.341 e. The summed E-state index contributed by atoms with van der Waals surface area (Å²) in [7, 11) is 0. The minimum atomic E-state index is -0.100. The van der Waals surface area contributed by atoms with Gasteiger partial charge in [0.25, 0.3) is 5.91 Å². The normalized spacial score (nSPS) is 17.3. The number of aromatic amines is 1. The smallest absolute Gasteiger partial charge is 0.291 e. The minimum absolute atomic E-state index is 0.100. The molecule has 2 aliphatic heterocycles. The summed E-state index contributed by atoms with van der Waals surface area (Å²) in [6, 6.07) is 7.89. The number of nitrogens with one attached hydrogen (secondary N) is 2. The van der Waals surface area contributed by atoms with Gasteiger partial charge >= 0.3 is 0 Å². The molecule has 0 atom stereocenters. The van der Waals surface area contributed by atoms with Crippen molar-refractivity contribution in [3.05, 3.63) is 30.1 Å². The molecule has 0 aliphatic carbocycles. The lowest BCUT2D eigenvalue weighted by molar-refractivity contribution is 0.0712. The van der Waals surface area contributed by atoms with Crippen LogP contribution in [0.15, 0.2) is 24.3 Å². The second-order valence-electron chi connectivity index (χ2n) is 7.92. The largest absolute Gasteiger partial charge is 0.341 e. The van der Waals surface area contributed by atoms with Crippen molar-refractivity contribution < 1.29 is 4.79 Å². The summed E-state index contributed by atoms with van der Waals surface area (Å²) < 4.78 is 0. The fourth-order valence-corrected chi connectivity index (χ4v) is 4.16. The summed E-state index contributed by atoms with van der Waals surface area (Å²) in [6.45, 7) is 3.48. The molecule has 0 bridgehead atoms. The van der Waals surface area contributed by atoms with Gasteiger partial charge in [0.15, 0.2) is 0 Å². The zero-order valence-corrected chi connectivity index (χ0v) is 17.0. The number of aromatic nitrogens is 5. The van der Waals surface area contributed by atoms with E-state index >= 15 is 0 Å². The highest BCUT2D eigenvalue weighted by Crippen LogP contribution is 2.26. The summed E-state index contributed by atoms with van der Waals surface area (Å²) in [5, 5.41) is 11.1. The molecule has 2 N–H and O–H groups in total. The van der Waals surface area contributed by atoms with Gasteiger partial charge < -0.3 is 15.1 Å². The van der Waals surface area contributed by atoms with E-state index in [1.807, 2.05) is 29.2 Å². The summed E-state index contributed by atoms with van der Waals surface area (Å²) in [6.07, 6.45) is 6.81. The van der Waals surface area contributed by atoms with Crippen LogP contribution in [0.2, 0.25) is 0 Å². The Kier molecular flexibility index (Phi) is 5.17. The van der Waals surface area contributed by atoms with Gasteiger partial charge in [-0.2, -0.15) is 9.97 Å². The topological polar surface area (TPSA) is 103 Å². The first-order valence-electron chi connectivity index (χ1n) is 10.8. The van der Waals surface area contributed by atoms with Crippen LogP contribution in [0.4, 0.5) is 17.7 Å². The average Bonchev–Trinajstić information content (AvgIpc) is 3.28. The Labute approximate surface area is 174 Å². The number of hydrogen-bond acceptors (Lipinski definition) is 7. The van der Waals surface area contributed by atoms with Crippen molar-refractivity contribution in [2.45, 2.75) is 38.5 Å². The van der Waals surface area contributed by atoms with Crippen molar-refractivity contribution in [3.63, 3.8) is 0 Å². The van der Waals surface area contributed by atoms with Crippen molar-refractivity contribution in [3.8, 4) is 0 Å². The van der Waals surface area contributed by atoms with Gasteiger partial charge in [-0.1, -0.05) is 12.1 Å². The number of amides is 1. The molecule has 5 rings (SSSR count). The van der Waals surface area contributed by atoms with Gasteiger partial charge in [-0.05, 0) is 50.7 Å². The van der Waals surface area contributed by atoms with Gasteiger partial charge in [-0.15, -0.1) is 5.10 Å². The van der Waals surface area contributed by atoms with E-state index in [1.54, 1.807) is 0 Å². The number of rotatable bonds is 4. The van der Waals surface area contributed by atoms with Crippen LogP contribution in [0.25, 0.3) is 10.9 Å². The maximum atomic E-state index is 12.7. The predicted molar refractivity (Wildman–Crippen MR) is 115 cm³/mol. The first-order valence-corrected chi connectivity index (χ1v) is 10.8. The van der Waals surface area contributed by atoms with Crippen LogP contribution in [-0.4, -0.2) is 62.1 Å². The molecule has 3 aromatic rings. The van der Waals surface area contributed by atoms with E-state index in [1.165, 1.54) is 12.8 Å². The monoisotopic (exact) mass is 406 g/mol. The van der Waals surface area contributed by atoms with Crippen LogP contribution in [0.3, 0.4) is 0 Å². The Hall–Kier alpha value is -3.23. The standard InChI is InChI=1S/C21H26N8O/c30-19(28-11-5-1-6-12-28)18-24-20(27-26-18)23-17-15-9-3-4-10-16(15)22-21(25-17)29-13-7-2-8-14-29/h3-4,9-10H,1-2,5-8,11-14H2,(H2,22,23,24,25,26,27). The van der Waals surface area contributed by atoms with Crippen LogP contribution in [0, 0.1) is 0 Å². The number of H-pyrrole nitrogens is 1. The van der Waals surface area contributed by atoms with Crippen molar-refractivity contribution in [2.24, 2.45) is 0 Å². The van der Waals surface area contributed by atoms with Crippen LogP contribution in [0.5, 0.6) is 0 Å². The number of para-hydroxylation sites is 1. The number of piperidine rings is 2. The molecule has 2 aromatic heterocycles. The second-order valence-corrected chi connectivity index (χ2v) is 7.92. The number of carbonyl (C=O) groups is 1. The highest BCUT2D eigenvalue weighted by Gasteiger charge is 2.22. The molecule has 0 spiro atoms. The van der Waals surface area contributed by atoms with Crippen molar-refractivity contribution in [2.75, 3.05) is 36.4 Å². The van der Waals surface area contributed by atoms with Crippen molar-refractivity contribution in [1.82, 2.24) is 30.0 Å². The third-order valence-electron chi connectivity index (χ3n) is 5.79. The van der Waals surface area contributed by atoms with E-state index in [-0.39, 0.29) is 11.7 Å². The molecule has 4 heterocycles. The Morgan fingerprint density at radius 1 is 0.900 bits per heavy atom. The molecule has 30 heavy (non-hydrogen) atoms. The Balaban J connectivity index is 1.42. The van der Waals surface area contributed by atoms with E-state index in [9.17, 15) is 4.79 Å². The first-order chi connectivity index (χ1) is 14.8. The molecule has 0 radical (unpaired) electrons. The lowest BCUT2D eigenvalue weighted by Crippen LogP contribution is -2.36. The number of nitrogens with zero attached hydrogens (tertiary/aromatic N) is 6. The van der Waals surface area contributed by atoms with Gasteiger partial charge in [-0.3, -0.25) is 9.89 Å². The SMILES string of the molecule is O=C(c1nc(Nc2nc(N3CCCCC3)nc3ccccc23)n[nH]1)N1CCCCC1. The molecular formula is C21H26N8O. The molecule has 9 nitrogen and oxygen atoms in total. The Morgan fingerprint density at radius 2 is 1.63 bits per heavy atom. The second kappa shape index (κ2) is 8.25. The molecule has 1 aromatic carbocycles. The van der Waals surface area contributed by atoms with Gasteiger partial charge in [0.05, 0.1) is 5.52 Å². The van der Waals surface area contributed by atoms with Gasteiger partial charge in [-0.25, -0.2) is 4.98 Å². The lowest BCUT2D eigenvalue weighted by Gasteiger charge is -2.27. The average molecular weight is 406 g/mol. The third kappa shape index (κ3) is 3.79. The first kappa shape index (κ1) is 18.8. The van der Waals surface area contributed by atoms with Crippen LogP contribution < -0.4 is 10.2 Å². The molecule has 0 saturated carbocycles. The fourth-order valence-electron chi connectivity index (χ4n) is 4.16. The third-order valence-corrected chi connectivity index (χ3v) is 5.79. The molecule has 2 saturated heterocycles. The van der Waals surface area contributed by atoms with E-state index in [4.69, 9.17) is 9.97 Å². The fraction of sp³-hybridized carbons (Fsp3) is 0.476. The number of benzene rings is 1. The van der Waals surface area contributed by atoms with Gasteiger partial charge in [0, 0.05) is 31.6 Å². The molecule has 156 valence electrons. The van der Waals surface area contributed by atoms with Crippen molar-refractivity contribution in [1.29, 1.82) is 0 Å². The van der Waals surface area contributed by atoms with Crippen molar-refractivity contribution >= 4 is 34.5 Å². The quantitative estimate of drug-likeness (QED) is 0.686. The summed E-state index contributed by atoms with van der Waals surface area (Å²) in [5.74, 6) is 1.86. The zero-order valence-electron chi connectivity index (χ0n) is 17.0.